The van der Waals surface area contributed by atoms with Crippen molar-refractivity contribution in [3.05, 3.63) is 18.2 Å². The summed E-state index contributed by atoms with van der Waals surface area (Å²) in [5, 5.41) is 0. The van der Waals surface area contributed by atoms with E-state index in [-0.39, 0.29) is 0 Å². The zero-order chi connectivity index (χ0) is 11.4. The molecule has 15 heavy (non-hydrogen) atoms. The van der Waals surface area contributed by atoms with Gasteiger partial charge in [-0.15, -0.1) is 0 Å². The second-order valence-corrected chi connectivity index (χ2v) is 3.83. The number of para-hydroxylation sites is 1. The second-order valence-electron chi connectivity index (χ2n) is 3.83. The molecule has 0 aliphatic rings. The van der Waals surface area contributed by atoms with Crippen molar-refractivity contribution < 1.29 is 4.74 Å². The molecule has 0 aliphatic heterocycles. The monoisotopic (exact) mass is 208 g/mol. The lowest BCUT2D eigenvalue weighted by atomic mass is 10.2. The van der Waals surface area contributed by atoms with Gasteiger partial charge in [0.2, 0.25) is 0 Å². The lowest BCUT2D eigenvalue weighted by Gasteiger charge is -2.26. The third-order valence-electron chi connectivity index (χ3n) is 2.50. The Hall–Kier alpha value is -1.38. The van der Waals surface area contributed by atoms with E-state index in [1.165, 1.54) is 0 Å². The normalized spacial score (nSPS) is 10.5. The minimum absolute atomic E-state index is 0.421. The van der Waals surface area contributed by atoms with E-state index in [2.05, 4.69) is 18.7 Å². The van der Waals surface area contributed by atoms with Crippen LogP contribution < -0.4 is 15.4 Å². The average Bonchev–Trinajstić information content (AvgIpc) is 2.20. The Kier molecular flexibility index (Phi) is 3.83. The first kappa shape index (κ1) is 11.7. The van der Waals surface area contributed by atoms with Crippen LogP contribution in [0.25, 0.3) is 0 Å². The molecule has 84 valence electrons. The summed E-state index contributed by atoms with van der Waals surface area (Å²) in [7, 11) is 2.03. The first-order chi connectivity index (χ1) is 7.07. The van der Waals surface area contributed by atoms with Crippen LogP contribution in [0.3, 0.4) is 0 Å². The number of nitrogens with two attached hydrogens (primary N) is 1. The lowest BCUT2D eigenvalue weighted by molar-refractivity contribution is 0.342. The summed E-state index contributed by atoms with van der Waals surface area (Å²) >= 11 is 0. The van der Waals surface area contributed by atoms with Gasteiger partial charge >= 0.3 is 0 Å². The first-order valence-corrected chi connectivity index (χ1v) is 5.32. The predicted molar refractivity (Wildman–Crippen MR) is 65.6 cm³/mol. The predicted octanol–water partition coefficient (Wildman–Crippen LogP) is 2.51. The number of anilines is 2. The molecule has 0 saturated carbocycles. The number of hydrogen-bond donors (Lipinski definition) is 1. The van der Waals surface area contributed by atoms with E-state index in [9.17, 15) is 0 Å². The zero-order valence-electron chi connectivity index (χ0n) is 9.95. The van der Waals surface area contributed by atoms with Gasteiger partial charge in [0.1, 0.15) is 5.75 Å². The summed E-state index contributed by atoms with van der Waals surface area (Å²) in [5.74, 6) is 0.766. The molecule has 0 fully saturated rings. The number of ether oxygens (including phenoxy) is 1. The Morgan fingerprint density at radius 3 is 2.60 bits per heavy atom. The van der Waals surface area contributed by atoms with Crippen LogP contribution in [0.5, 0.6) is 5.75 Å². The van der Waals surface area contributed by atoms with E-state index < -0.39 is 0 Å². The van der Waals surface area contributed by atoms with Gasteiger partial charge in [-0.25, -0.2) is 0 Å². The van der Waals surface area contributed by atoms with Gasteiger partial charge in [-0.05, 0) is 32.9 Å². The molecular formula is C12H20N2O. The third-order valence-corrected chi connectivity index (χ3v) is 2.50. The van der Waals surface area contributed by atoms with Crippen molar-refractivity contribution >= 4 is 11.4 Å². The molecule has 0 atom stereocenters. The molecule has 0 bridgehead atoms. The van der Waals surface area contributed by atoms with Gasteiger partial charge < -0.3 is 15.4 Å². The fourth-order valence-corrected chi connectivity index (χ4v) is 1.40. The van der Waals surface area contributed by atoms with Crippen LogP contribution in [0.2, 0.25) is 0 Å². The molecule has 3 heteroatoms. The van der Waals surface area contributed by atoms with Crippen LogP contribution in [0.4, 0.5) is 11.4 Å². The largest absolute Gasteiger partial charge is 0.492 e. The van der Waals surface area contributed by atoms with Gasteiger partial charge in [0.25, 0.3) is 0 Å². The smallest absolute Gasteiger partial charge is 0.144 e. The van der Waals surface area contributed by atoms with E-state index in [0.29, 0.717) is 12.6 Å². The molecule has 2 N–H and O–H groups in total. The van der Waals surface area contributed by atoms with Gasteiger partial charge in [-0.1, -0.05) is 6.07 Å². The summed E-state index contributed by atoms with van der Waals surface area (Å²) in [5.41, 5.74) is 7.78. The fourth-order valence-electron chi connectivity index (χ4n) is 1.40. The molecule has 1 rings (SSSR count). The topological polar surface area (TPSA) is 38.5 Å². The van der Waals surface area contributed by atoms with Crippen molar-refractivity contribution in [1.82, 2.24) is 0 Å². The third kappa shape index (κ3) is 2.55. The van der Waals surface area contributed by atoms with Crippen molar-refractivity contribution in [2.75, 3.05) is 24.3 Å². The molecule has 1 aromatic rings. The summed E-state index contributed by atoms with van der Waals surface area (Å²) in [6, 6.07) is 6.30. The molecule has 3 nitrogen and oxygen atoms in total. The van der Waals surface area contributed by atoms with Crippen LogP contribution in [0.15, 0.2) is 18.2 Å². The standard InChI is InChI=1S/C12H20N2O/c1-5-15-11-8-6-7-10(12(11)13)14(4)9(2)3/h6-9H,5,13H2,1-4H3. The van der Waals surface area contributed by atoms with Crippen molar-refractivity contribution in [3.63, 3.8) is 0 Å². The Labute approximate surface area is 91.8 Å². The van der Waals surface area contributed by atoms with E-state index in [4.69, 9.17) is 10.5 Å². The number of nitrogens with zero attached hydrogens (tertiary/aromatic N) is 1. The Bertz CT molecular complexity index is 323. The summed E-state index contributed by atoms with van der Waals surface area (Å²) in [6.45, 7) is 6.86. The Balaban J connectivity index is 3.03. The molecule has 1 aromatic carbocycles. The van der Waals surface area contributed by atoms with E-state index in [0.717, 1.165) is 17.1 Å². The average molecular weight is 208 g/mol. The SMILES string of the molecule is CCOc1cccc(N(C)C(C)C)c1N. The minimum atomic E-state index is 0.421. The van der Waals surface area contributed by atoms with E-state index >= 15 is 0 Å². The maximum absolute atomic E-state index is 6.04. The van der Waals surface area contributed by atoms with Crippen molar-refractivity contribution in [2.45, 2.75) is 26.8 Å². The van der Waals surface area contributed by atoms with Crippen molar-refractivity contribution in [1.29, 1.82) is 0 Å². The maximum atomic E-state index is 6.04. The van der Waals surface area contributed by atoms with Crippen molar-refractivity contribution in [3.8, 4) is 5.75 Å². The lowest BCUT2D eigenvalue weighted by Crippen LogP contribution is -2.26. The number of benzene rings is 1. The van der Waals surface area contributed by atoms with Crippen LogP contribution >= 0.6 is 0 Å². The summed E-state index contributed by atoms with van der Waals surface area (Å²) < 4.78 is 5.46. The van der Waals surface area contributed by atoms with Gasteiger partial charge in [0, 0.05) is 13.1 Å². The Morgan fingerprint density at radius 1 is 1.40 bits per heavy atom. The van der Waals surface area contributed by atoms with E-state index in [1.54, 1.807) is 0 Å². The highest BCUT2D eigenvalue weighted by Crippen LogP contribution is 2.32. The number of nitrogen functional groups attached to an aromatic ring is 1. The number of rotatable bonds is 4. The Morgan fingerprint density at radius 2 is 2.07 bits per heavy atom. The molecule has 0 amide bonds. The summed E-state index contributed by atoms with van der Waals surface area (Å²) in [6.07, 6.45) is 0. The maximum Gasteiger partial charge on any atom is 0.144 e. The van der Waals surface area contributed by atoms with Crippen LogP contribution in [-0.2, 0) is 0 Å². The number of hydrogen-bond acceptors (Lipinski definition) is 3. The molecule has 0 heterocycles. The van der Waals surface area contributed by atoms with Gasteiger partial charge in [0.15, 0.2) is 0 Å². The van der Waals surface area contributed by atoms with Crippen LogP contribution in [-0.4, -0.2) is 19.7 Å². The highest BCUT2D eigenvalue weighted by Gasteiger charge is 2.11. The second kappa shape index (κ2) is 4.91. The molecule has 0 aliphatic carbocycles. The molecule has 0 spiro atoms. The van der Waals surface area contributed by atoms with Crippen LogP contribution in [0.1, 0.15) is 20.8 Å². The van der Waals surface area contributed by atoms with Gasteiger partial charge in [-0.3, -0.25) is 0 Å². The van der Waals surface area contributed by atoms with Crippen molar-refractivity contribution in [2.24, 2.45) is 0 Å². The molecular weight excluding hydrogens is 188 g/mol. The molecule has 0 aromatic heterocycles. The van der Waals surface area contributed by atoms with Gasteiger partial charge in [0.05, 0.1) is 18.0 Å². The van der Waals surface area contributed by atoms with Crippen LogP contribution in [0, 0.1) is 0 Å². The highest BCUT2D eigenvalue weighted by atomic mass is 16.5. The van der Waals surface area contributed by atoms with Gasteiger partial charge in [-0.2, -0.15) is 0 Å². The summed E-state index contributed by atoms with van der Waals surface area (Å²) in [4.78, 5) is 2.14. The minimum Gasteiger partial charge on any atom is -0.492 e. The fraction of sp³-hybridized carbons (Fsp3) is 0.500. The molecule has 0 unspecified atom stereocenters. The molecule has 0 radical (unpaired) electrons. The zero-order valence-corrected chi connectivity index (χ0v) is 9.95. The van der Waals surface area contributed by atoms with E-state index in [1.807, 2.05) is 32.2 Å². The first-order valence-electron chi connectivity index (χ1n) is 5.32. The molecule has 0 saturated heterocycles. The highest BCUT2D eigenvalue weighted by molar-refractivity contribution is 5.74. The quantitative estimate of drug-likeness (QED) is 0.773.